The monoisotopic (exact) mass is 602 g/mol. The summed E-state index contributed by atoms with van der Waals surface area (Å²) in [6.45, 7) is 2.98. The SMILES string of the molecule is CN[C@@H]1[C@@H](O)[C@@H](O[C@H]2[C@H](CCC(O)CN)C[C@H](N)C(O[C@H]3OC(CNCC4CC(N)C4)=CC[C@H]3N)[C@@H]2O)OC[C@]1(C)O. The Kier molecular flexibility index (Phi) is 12.0. The van der Waals surface area contributed by atoms with Gasteiger partial charge >= 0.3 is 0 Å². The molecule has 2 aliphatic carbocycles. The first-order valence-electron chi connectivity index (χ1n) is 15.3. The Morgan fingerprint density at radius 2 is 1.79 bits per heavy atom. The van der Waals surface area contributed by atoms with Gasteiger partial charge in [-0.1, -0.05) is 0 Å². The number of aliphatic hydroxyl groups excluding tert-OH is 3. The molecule has 2 saturated carbocycles. The lowest BCUT2D eigenvalue weighted by molar-refractivity contribution is -0.308. The van der Waals surface area contributed by atoms with E-state index in [9.17, 15) is 20.4 Å². The van der Waals surface area contributed by atoms with E-state index in [1.165, 1.54) is 0 Å². The highest BCUT2D eigenvalue weighted by Crippen LogP contribution is 2.36. The van der Waals surface area contributed by atoms with Gasteiger partial charge in [-0.3, -0.25) is 0 Å². The molecular weight excluding hydrogens is 548 g/mol. The Morgan fingerprint density at radius 3 is 2.45 bits per heavy atom. The van der Waals surface area contributed by atoms with Crippen molar-refractivity contribution in [3.05, 3.63) is 11.8 Å². The summed E-state index contributed by atoms with van der Waals surface area (Å²) in [4.78, 5) is 0. The summed E-state index contributed by atoms with van der Waals surface area (Å²) in [7, 11) is 1.63. The number of nitrogens with one attached hydrogen (secondary N) is 2. The third-order valence-electron chi connectivity index (χ3n) is 9.24. The maximum Gasteiger partial charge on any atom is 0.215 e. The largest absolute Gasteiger partial charge is 0.467 e. The van der Waals surface area contributed by atoms with Crippen molar-refractivity contribution in [1.82, 2.24) is 10.6 Å². The maximum absolute atomic E-state index is 11.6. The highest BCUT2D eigenvalue weighted by molar-refractivity contribution is 5.05. The van der Waals surface area contributed by atoms with E-state index < -0.39 is 66.8 Å². The van der Waals surface area contributed by atoms with E-state index in [1.807, 2.05) is 6.08 Å². The molecule has 0 aromatic heterocycles. The van der Waals surface area contributed by atoms with Crippen LogP contribution in [-0.4, -0.2) is 127 Å². The first-order chi connectivity index (χ1) is 19.9. The second kappa shape index (κ2) is 14.9. The normalized spacial score (nSPS) is 45.0. The summed E-state index contributed by atoms with van der Waals surface area (Å²) in [5, 5.41) is 49.7. The van der Waals surface area contributed by atoms with Crippen LogP contribution in [0.4, 0.5) is 0 Å². The summed E-state index contributed by atoms with van der Waals surface area (Å²) in [5.41, 5.74) is 23.1. The van der Waals surface area contributed by atoms with Crippen LogP contribution in [0.5, 0.6) is 0 Å². The molecule has 0 amide bonds. The van der Waals surface area contributed by atoms with Gasteiger partial charge in [-0.15, -0.1) is 0 Å². The number of aliphatic hydroxyl groups is 4. The van der Waals surface area contributed by atoms with Gasteiger partial charge in [0, 0.05) is 18.6 Å². The van der Waals surface area contributed by atoms with Crippen LogP contribution in [0.25, 0.3) is 0 Å². The van der Waals surface area contributed by atoms with Crippen molar-refractivity contribution >= 4 is 0 Å². The Balaban J connectivity index is 1.42. The first-order valence-corrected chi connectivity index (χ1v) is 15.3. The Bertz CT molecular complexity index is 879. The van der Waals surface area contributed by atoms with Crippen molar-refractivity contribution in [3.8, 4) is 0 Å². The summed E-state index contributed by atoms with van der Waals surface area (Å²) >= 11 is 0. The molecule has 2 unspecified atom stereocenters. The van der Waals surface area contributed by atoms with Gasteiger partial charge in [0.05, 0.1) is 37.4 Å². The zero-order chi connectivity index (χ0) is 30.6. The number of ether oxygens (including phenoxy) is 4. The van der Waals surface area contributed by atoms with Gasteiger partial charge in [-0.2, -0.15) is 0 Å². The minimum absolute atomic E-state index is 0.0828. The molecule has 14 nitrogen and oxygen atoms in total. The molecule has 2 heterocycles. The molecular formula is C28H54N6O8. The van der Waals surface area contributed by atoms with Gasteiger partial charge in [0.1, 0.15) is 29.7 Å². The molecule has 2 aliphatic heterocycles. The molecule has 42 heavy (non-hydrogen) atoms. The molecule has 0 radical (unpaired) electrons. The van der Waals surface area contributed by atoms with E-state index in [0.29, 0.717) is 44.2 Å². The minimum atomic E-state index is -1.32. The van der Waals surface area contributed by atoms with Gasteiger partial charge < -0.3 is 72.9 Å². The molecule has 0 aromatic carbocycles. The van der Waals surface area contributed by atoms with Crippen LogP contribution in [0.15, 0.2) is 11.8 Å². The fourth-order valence-electron chi connectivity index (χ4n) is 6.65. The molecule has 3 fully saturated rings. The van der Waals surface area contributed by atoms with Crippen LogP contribution in [0.3, 0.4) is 0 Å². The van der Waals surface area contributed by atoms with Crippen molar-refractivity contribution in [1.29, 1.82) is 0 Å². The van der Waals surface area contributed by atoms with E-state index >= 15 is 0 Å². The van der Waals surface area contributed by atoms with Crippen molar-refractivity contribution in [2.75, 3.05) is 33.3 Å². The number of nitrogens with two attached hydrogens (primary N) is 4. The minimum Gasteiger partial charge on any atom is -0.467 e. The fraction of sp³-hybridized carbons (Fsp3) is 0.929. The first kappa shape index (κ1) is 33.9. The van der Waals surface area contributed by atoms with Crippen LogP contribution in [0.2, 0.25) is 0 Å². The quantitative estimate of drug-likeness (QED) is 0.100. The molecule has 244 valence electrons. The van der Waals surface area contributed by atoms with Crippen LogP contribution < -0.4 is 33.6 Å². The number of hydrogen-bond acceptors (Lipinski definition) is 14. The third kappa shape index (κ3) is 8.18. The van der Waals surface area contributed by atoms with Crippen molar-refractivity contribution < 1.29 is 39.4 Å². The third-order valence-corrected chi connectivity index (χ3v) is 9.24. The number of likely N-dealkylation sites (N-methyl/N-ethyl adjacent to an activating group) is 1. The van der Waals surface area contributed by atoms with Crippen LogP contribution in [0, 0.1) is 11.8 Å². The Labute approximate surface area is 248 Å². The second-order valence-electron chi connectivity index (χ2n) is 12.9. The van der Waals surface area contributed by atoms with E-state index in [4.69, 9.17) is 41.9 Å². The molecule has 4 aliphatic rings. The molecule has 0 aromatic rings. The van der Waals surface area contributed by atoms with Crippen molar-refractivity contribution in [2.45, 2.75) is 118 Å². The lowest BCUT2D eigenvalue weighted by Gasteiger charge is -2.49. The van der Waals surface area contributed by atoms with Gasteiger partial charge in [-0.25, -0.2) is 0 Å². The Morgan fingerprint density at radius 1 is 1.07 bits per heavy atom. The van der Waals surface area contributed by atoms with Crippen LogP contribution in [0.1, 0.15) is 45.4 Å². The molecule has 1 saturated heterocycles. The molecule has 14 heteroatoms. The topological polar surface area (TPSA) is 246 Å². The summed E-state index contributed by atoms with van der Waals surface area (Å²) in [5.74, 6) is 1.00. The van der Waals surface area contributed by atoms with Crippen LogP contribution in [-0.2, 0) is 18.9 Å². The Hall–Kier alpha value is -0.980. The van der Waals surface area contributed by atoms with Gasteiger partial charge in [0.15, 0.2) is 6.29 Å². The fourth-order valence-corrected chi connectivity index (χ4v) is 6.65. The summed E-state index contributed by atoms with van der Waals surface area (Å²) < 4.78 is 24.3. The number of hydrogen-bond donors (Lipinski definition) is 10. The molecule has 0 bridgehead atoms. The van der Waals surface area contributed by atoms with E-state index in [-0.39, 0.29) is 19.1 Å². The van der Waals surface area contributed by atoms with Gasteiger partial charge in [-0.05, 0) is 77.0 Å². The van der Waals surface area contributed by atoms with Crippen LogP contribution >= 0.6 is 0 Å². The van der Waals surface area contributed by atoms with Gasteiger partial charge in [0.25, 0.3) is 0 Å². The highest BCUT2D eigenvalue weighted by Gasteiger charge is 2.51. The highest BCUT2D eigenvalue weighted by atomic mass is 16.7. The molecule has 0 spiro atoms. The van der Waals surface area contributed by atoms with E-state index in [2.05, 4.69) is 10.6 Å². The van der Waals surface area contributed by atoms with E-state index in [0.717, 1.165) is 25.1 Å². The number of rotatable bonds is 13. The molecule has 14 N–H and O–H groups in total. The predicted octanol–water partition coefficient (Wildman–Crippen LogP) is -3.09. The molecule has 12 atom stereocenters. The van der Waals surface area contributed by atoms with Gasteiger partial charge in [0.2, 0.25) is 6.29 Å². The standard InChI is InChI=1S/C28H54N6O8/c1-28(38)13-39-27(22(37)25(28)33-2)41-23-15(3-4-17(35)10-29)9-20(32)24(21(23)36)42-26-19(31)6-5-18(40-26)12-34-11-14-7-16(30)8-14/h5,14-17,19-27,33-38H,3-4,6-13,29-32H2,1-2H3/t14?,15-,16?,17?,19-,20+,21-,22-,23+,24?,25-,26-,27-,28+/m1/s1. The average molecular weight is 603 g/mol. The van der Waals surface area contributed by atoms with Crippen molar-refractivity contribution in [2.24, 2.45) is 34.8 Å². The van der Waals surface area contributed by atoms with E-state index in [1.54, 1.807) is 14.0 Å². The zero-order valence-electron chi connectivity index (χ0n) is 24.9. The maximum atomic E-state index is 11.6. The summed E-state index contributed by atoms with van der Waals surface area (Å²) in [6.07, 6.45) is -1.03. The molecule has 4 rings (SSSR count). The average Bonchev–Trinajstić information content (AvgIpc) is 2.93. The lowest BCUT2D eigenvalue weighted by Crippen LogP contribution is -2.67. The smallest absolute Gasteiger partial charge is 0.215 e. The predicted molar refractivity (Wildman–Crippen MR) is 154 cm³/mol. The second-order valence-corrected chi connectivity index (χ2v) is 12.9. The van der Waals surface area contributed by atoms with Crippen molar-refractivity contribution in [3.63, 3.8) is 0 Å². The zero-order valence-corrected chi connectivity index (χ0v) is 24.9. The lowest BCUT2D eigenvalue weighted by atomic mass is 9.77. The summed E-state index contributed by atoms with van der Waals surface area (Å²) in [6, 6.07) is -1.46.